The van der Waals surface area contributed by atoms with Crippen LogP contribution in [0.1, 0.15) is 41.7 Å². The third-order valence-electron chi connectivity index (χ3n) is 6.24. The van der Waals surface area contributed by atoms with Crippen LogP contribution in [0, 0.1) is 0 Å². The van der Waals surface area contributed by atoms with Crippen molar-refractivity contribution in [1.82, 2.24) is 5.32 Å². The van der Waals surface area contributed by atoms with E-state index in [2.05, 4.69) is 95.8 Å². The highest BCUT2D eigenvalue weighted by Crippen LogP contribution is 2.53. The lowest BCUT2D eigenvalue weighted by atomic mass is 9.70. The maximum absolute atomic E-state index is 6.42. The zero-order valence-electron chi connectivity index (χ0n) is 18.7. The summed E-state index contributed by atoms with van der Waals surface area (Å²) < 4.78 is 13.2. The smallest absolute Gasteiger partial charge is 0.165 e. The van der Waals surface area contributed by atoms with E-state index < -0.39 is 5.54 Å². The van der Waals surface area contributed by atoms with E-state index in [1.807, 2.05) is 6.07 Å². The van der Waals surface area contributed by atoms with Gasteiger partial charge in [-0.3, -0.25) is 0 Å². The number of rotatable bonds is 4. The van der Waals surface area contributed by atoms with Gasteiger partial charge in [-0.1, -0.05) is 58.4 Å². The van der Waals surface area contributed by atoms with Crippen LogP contribution in [0.4, 0.5) is 0 Å². The summed E-state index contributed by atoms with van der Waals surface area (Å²) in [7, 11) is 1.70. The predicted molar refractivity (Wildman–Crippen MR) is 141 cm³/mol. The molecule has 3 aromatic carbocycles. The Balaban J connectivity index is 0.00000259. The summed E-state index contributed by atoms with van der Waals surface area (Å²) in [5.74, 6) is 1.97. The number of hydrogen-bond donors (Lipinski definition) is 1. The van der Waals surface area contributed by atoms with Crippen LogP contribution in [0.5, 0.6) is 11.5 Å². The first kappa shape index (κ1) is 24.0. The largest absolute Gasteiger partial charge is 0.493 e. The summed E-state index contributed by atoms with van der Waals surface area (Å²) in [5, 5.41) is 3.84. The van der Waals surface area contributed by atoms with Crippen LogP contribution >= 0.6 is 39.9 Å². The average molecular weight is 547 g/mol. The van der Waals surface area contributed by atoms with Gasteiger partial charge in [0.05, 0.1) is 13.0 Å². The highest BCUT2D eigenvalue weighted by atomic mass is 79.9. The minimum absolute atomic E-state index is 0. The highest BCUT2D eigenvalue weighted by Gasteiger charge is 2.47. The molecule has 2 aliphatic rings. The Hall–Kier alpha value is -2.14. The third kappa shape index (κ3) is 3.92. The number of nitrogens with one attached hydrogen (secondary N) is 1. The fourth-order valence-electron chi connectivity index (χ4n) is 5.05. The van der Waals surface area contributed by atoms with Crippen molar-refractivity contribution in [1.29, 1.82) is 0 Å². The standard InChI is InChI=1S/C27H25BrClNO2.ClH/c1-26(2)15-22-24-17(13-23(31-3)25(22)32-26)12-21(16-29)30-27(24,18-8-5-4-6-9-18)19-10-7-11-20(28)14-19;/h4-14,30H,15-16H2,1-3H3;1H. The molecule has 0 bridgehead atoms. The van der Waals surface area contributed by atoms with Gasteiger partial charge in [0.15, 0.2) is 11.5 Å². The molecule has 1 unspecified atom stereocenters. The van der Waals surface area contributed by atoms with Crippen molar-refractivity contribution in [3.05, 3.63) is 98.7 Å². The zero-order valence-corrected chi connectivity index (χ0v) is 21.9. The van der Waals surface area contributed by atoms with Crippen LogP contribution in [0.25, 0.3) is 6.08 Å². The molecule has 0 saturated carbocycles. The van der Waals surface area contributed by atoms with E-state index in [1.165, 1.54) is 11.1 Å². The quantitative estimate of drug-likeness (QED) is 0.355. The maximum atomic E-state index is 6.42. The molecular formula is C27H26BrCl2NO2. The van der Waals surface area contributed by atoms with Gasteiger partial charge in [0, 0.05) is 27.7 Å². The summed E-state index contributed by atoms with van der Waals surface area (Å²) in [5.41, 5.74) is 5.76. The van der Waals surface area contributed by atoms with Crippen LogP contribution < -0.4 is 14.8 Å². The lowest BCUT2D eigenvalue weighted by molar-refractivity contribution is 0.134. The van der Waals surface area contributed by atoms with Gasteiger partial charge in [0.1, 0.15) is 11.1 Å². The molecule has 2 heterocycles. The van der Waals surface area contributed by atoms with E-state index in [1.54, 1.807) is 7.11 Å². The molecule has 5 rings (SSSR count). The van der Waals surface area contributed by atoms with Crippen molar-refractivity contribution in [2.24, 2.45) is 0 Å². The molecule has 172 valence electrons. The second-order valence-electron chi connectivity index (χ2n) is 8.94. The summed E-state index contributed by atoms with van der Waals surface area (Å²) in [6.45, 7) is 4.25. The normalized spacial score (nSPS) is 19.8. The highest BCUT2D eigenvalue weighted by molar-refractivity contribution is 9.10. The molecule has 2 aliphatic heterocycles. The van der Waals surface area contributed by atoms with E-state index in [9.17, 15) is 0 Å². The van der Waals surface area contributed by atoms with Crippen molar-refractivity contribution in [3.63, 3.8) is 0 Å². The van der Waals surface area contributed by atoms with Gasteiger partial charge < -0.3 is 14.8 Å². The summed E-state index contributed by atoms with van der Waals surface area (Å²) >= 11 is 10.1. The Bertz CT molecular complexity index is 1230. The molecular weight excluding hydrogens is 521 g/mol. The molecule has 3 nitrogen and oxygen atoms in total. The van der Waals surface area contributed by atoms with Gasteiger partial charge in [0.2, 0.25) is 0 Å². The van der Waals surface area contributed by atoms with Crippen LogP contribution in [0.15, 0.2) is 70.8 Å². The molecule has 3 aromatic rings. The molecule has 0 aromatic heterocycles. The van der Waals surface area contributed by atoms with E-state index >= 15 is 0 Å². The van der Waals surface area contributed by atoms with Crippen LogP contribution in [-0.2, 0) is 12.0 Å². The lowest BCUT2D eigenvalue weighted by Gasteiger charge is -2.43. The van der Waals surface area contributed by atoms with E-state index in [-0.39, 0.29) is 18.0 Å². The molecule has 0 spiro atoms. The van der Waals surface area contributed by atoms with Gasteiger partial charge in [-0.25, -0.2) is 0 Å². The van der Waals surface area contributed by atoms with Gasteiger partial charge >= 0.3 is 0 Å². The summed E-state index contributed by atoms with van der Waals surface area (Å²) in [4.78, 5) is 0. The van der Waals surface area contributed by atoms with Crippen molar-refractivity contribution in [2.75, 3.05) is 13.0 Å². The minimum Gasteiger partial charge on any atom is -0.493 e. The molecule has 0 radical (unpaired) electrons. The number of methoxy groups -OCH3 is 1. The number of hydrogen-bond acceptors (Lipinski definition) is 3. The van der Waals surface area contributed by atoms with E-state index in [0.717, 1.165) is 44.8 Å². The maximum Gasteiger partial charge on any atom is 0.165 e. The van der Waals surface area contributed by atoms with Crippen molar-refractivity contribution in [2.45, 2.75) is 31.4 Å². The SMILES string of the molecule is COc1cc2c(c3c1OC(C)(C)C3)C(c1ccccc1)(c1cccc(Br)c1)NC(CCl)=C2.Cl. The topological polar surface area (TPSA) is 30.5 Å². The summed E-state index contributed by atoms with van der Waals surface area (Å²) in [6.07, 6.45) is 2.92. The van der Waals surface area contributed by atoms with Crippen LogP contribution in [0.2, 0.25) is 0 Å². The fourth-order valence-corrected chi connectivity index (χ4v) is 5.59. The van der Waals surface area contributed by atoms with Crippen molar-refractivity contribution < 1.29 is 9.47 Å². The second-order valence-corrected chi connectivity index (χ2v) is 10.1. The molecule has 6 heteroatoms. The average Bonchev–Trinajstić information content (AvgIpc) is 3.13. The molecule has 0 aliphatic carbocycles. The molecule has 33 heavy (non-hydrogen) atoms. The Morgan fingerprint density at radius 2 is 1.79 bits per heavy atom. The zero-order chi connectivity index (χ0) is 22.5. The molecule has 1 atom stereocenters. The third-order valence-corrected chi connectivity index (χ3v) is 7.02. The van der Waals surface area contributed by atoms with Gasteiger partial charge in [-0.05, 0) is 54.8 Å². The first-order valence-electron chi connectivity index (χ1n) is 10.7. The Morgan fingerprint density at radius 1 is 1.06 bits per heavy atom. The monoisotopic (exact) mass is 545 g/mol. The molecule has 0 amide bonds. The first-order chi connectivity index (χ1) is 15.4. The van der Waals surface area contributed by atoms with Crippen molar-refractivity contribution in [3.8, 4) is 11.5 Å². The number of alkyl halides is 1. The number of halogens is 3. The minimum atomic E-state index is -0.626. The van der Waals surface area contributed by atoms with E-state index in [0.29, 0.717) is 5.88 Å². The lowest BCUT2D eigenvalue weighted by Crippen LogP contribution is -2.47. The Kier molecular flexibility index (Phi) is 6.47. The first-order valence-corrected chi connectivity index (χ1v) is 12.0. The number of ether oxygens (including phenoxy) is 2. The van der Waals surface area contributed by atoms with E-state index in [4.69, 9.17) is 21.1 Å². The Morgan fingerprint density at radius 3 is 2.45 bits per heavy atom. The fraction of sp³-hybridized carbons (Fsp3) is 0.259. The van der Waals surface area contributed by atoms with Gasteiger partial charge in [-0.2, -0.15) is 0 Å². The van der Waals surface area contributed by atoms with Crippen LogP contribution in [-0.4, -0.2) is 18.6 Å². The Labute approximate surface area is 214 Å². The molecule has 0 fully saturated rings. The second kappa shape index (κ2) is 8.90. The molecule has 0 saturated heterocycles. The predicted octanol–water partition coefficient (Wildman–Crippen LogP) is 7.07. The number of benzene rings is 3. The van der Waals surface area contributed by atoms with Gasteiger partial charge in [-0.15, -0.1) is 24.0 Å². The van der Waals surface area contributed by atoms with Crippen LogP contribution in [0.3, 0.4) is 0 Å². The van der Waals surface area contributed by atoms with Crippen molar-refractivity contribution >= 4 is 46.0 Å². The number of allylic oxidation sites excluding steroid dienone is 1. The van der Waals surface area contributed by atoms with Gasteiger partial charge in [0.25, 0.3) is 0 Å². The summed E-state index contributed by atoms with van der Waals surface area (Å²) in [6, 6.07) is 21.1. The molecule has 1 N–H and O–H groups in total. The number of fused-ring (bicyclic) bond motifs is 3.